The second kappa shape index (κ2) is 6.38. The Kier molecular flexibility index (Phi) is 3.86. The highest BCUT2D eigenvalue weighted by atomic mass is 16.7. The van der Waals surface area contributed by atoms with Crippen LogP contribution >= 0.6 is 0 Å². The van der Waals surface area contributed by atoms with Crippen molar-refractivity contribution in [2.45, 2.75) is 19.8 Å². The van der Waals surface area contributed by atoms with Crippen LogP contribution in [0.4, 0.5) is 0 Å². The van der Waals surface area contributed by atoms with E-state index < -0.39 is 0 Å². The van der Waals surface area contributed by atoms with Gasteiger partial charge in [-0.2, -0.15) is 0 Å². The molecule has 1 N–H and O–H groups in total. The van der Waals surface area contributed by atoms with E-state index in [1.165, 1.54) is 0 Å². The number of piperidine rings is 1. The van der Waals surface area contributed by atoms with Crippen molar-refractivity contribution in [1.29, 1.82) is 0 Å². The SMILES string of the molecule is CC1=NC2=NCNN2C(C2CCCN(C(=O)c3ccc4c(c3)OCO4)C2)=C1. The van der Waals surface area contributed by atoms with Crippen LogP contribution in [0.3, 0.4) is 0 Å². The lowest BCUT2D eigenvalue weighted by atomic mass is 9.92. The molecule has 4 heterocycles. The van der Waals surface area contributed by atoms with Crippen LogP contribution < -0.4 is 14.9 Å². The molecule has 0 aliphatic carbocycles. The number of benzene rings is 1. The Hall–Kier alpha value is -2.87. The van der Waals surface area contributed by atoms with Gasteiger partial charge < -0.3 is 14.4 Å². The van der Waals surface area contributed by atoms with Crippen molar-refractivity contribution in [1.82, 2.24) is 15.3 Å². The minimum absolute atomic E-state index is 0.0306. The van der Waals surface area contributed by atoms with E-state index in [-0.39, 0.29) is 18.6 Å². The number of hydrazine groups is 1. The van der Waals surface area contributed by atoms with Gasteiger partial charge in [0, 0.05) is 36.0 Å². The van der Waals surface area contributed by atoms with Crippen LogP contribution in [0.1, 0.15) is 30.1 Å². The summed E-state index contributed by atoms with van der Waals surface area (Å²) in [6, 6.07) is 5.39. The molecule has 140 valence electrons. The summed E-state index contributed by atoms with van der Waals surface area (Å²) in [7, 11) is 0. The van der Waals surface area contributed by atoms with Gasteiger partial charge in [-0.15, -0.1) is 0 Å². The number of hydrogen-bond donors (Lipinski definition) is 1. The quantitative estimate of drug-likeness (QED) is 0.862. The Labute approximate surface area is 157 Å². The summed E-state index contributed by atoms with van der Waals surface area (Å²) < 4.78 is 10.7. The predicted octanol–water partition coefficient (Wildman–Crippen LogP) is 1.76. The first-order valence-corrected chi connectivity index (χ1v) is 9.23. The molecule has 27 heavy (non-hydrogen) atoms. The zero-order valence-electron chi connectivity index (χ0n) is 15.1. The molecule has 0 spiro atoms. The number of fused-ring (bicyclic) bond motifs is 2. The number of nitrogens with zero attached hydrogens (tertiary/aromatic N) is 4. The van der Waals surface area contributed by atoms with Crippen LogP contribution in [0.15, 0.2) is 40.0 Å². The molecule has 1 fully saturated rings. The van der Waals surface area contributed by atoms with Crippen molar-refractivity contribution in [3.8, 4) is 11.5 Å². The Morgan fingerprint density at radius 2 is 2.19 bits per heavy atom. The number of nitrogens with one attached hydrogen (secondary N) is 1. The molecule has 0 radical (unpaired) electrons. The van der Waals surface area contributed by atoms with Crippen molar-refractivity contribution in [3.05, 3.63) is 35.5 Å². The minimum Gasteiger partial charge on any atom is -0.454 e. The van der Waals surface area contributed by atoms with Gasteiger partial charge >= 0.3 is 0 Å². The molecule has 4 aliphatic rings. The zero-order valence-corrected chi connectivity index (χ0v) is 15.1. The van der Waals surface area contributed by atoms with Crippen molar-refractivity contribution >= 4 is 17.6 Å². The van der Waals surface area contributed by atoms with Gasteiger partial charge in [0.25, 0.3) is 5.91 Å². The number of amides is 1. The van der Waals surface area contributed by atoms with E-state index in [2.05, 4.69) is 21.5 Å². The summed E-state index contributed by atoms with van der Waals surface area (Å²) in [5, 5.41) is 1.96. The van der Waals surface area contributed by atoms with Gasteiger partial charge in [0.2, 0.25) is 12.8 Å². The van der Waals surface area contributed by atoms with Crippen molar-refractivity contribution < 1.29 is 14.3 Å². The van der Waals surface area contributed by atoms with Gasteiger partial charge in [0.1, 0.15) is 6.67 Å². The summed E-state index contributed by atoms with van der Waals surface area (Å²) >= 11 is 0. The number of guanidine groups is 1. The van der Waals surface area contributed by atoms with E-state index >= 15 is 0 Å². The Balaban J connectivity index is 1.36. The molecular weight excluding hydrogens is 346 g/mol. The van der Waals surface area contributed by atoms with E-state index in [4.69, 9.17) is 9.47 Å². The predicted molar refractivity (Wildman–Crippen MR) is 99.7 cm³/mol. The molecule has 4 aliphatic heterocycles. The largest absolute Gasteiger partial charge is 0.454 e. The van der Waals surface area contributed by atoms with E-state index in [9.17, 15) is 4.79 Å². The first kappa shape index (κ1) is 16.3. The molecular formula is C19H21N5O3. The van der Waals surface area contributed by atoms with Gasteiger partial charge in [0.05, 0.1) is 0 Å². The summed E-state index contributed by atoms with van der Waals surface area (Å²) in [5.41, 5.74) is 5.97. The number of aliphatic imine (C=N–C) groups is 2. The number of hydrogen-bond acceptors (Lipinski definition) is 7. The van der Waals surface area contributed by atoms with Gasteiger partial charge in [-0.3, -0.25) is 4.79 Å². The van der Waals surface area contributed by atoms with Crippen LogP contribution in [0.5, 0.6) is 11.5 Å². The lowest BCUT2D eigenvalue weighted by Crippen LogP contribution is -2.46. The molecule has 1 aromatic rings. The summed E-state index contributed by atoms with van der Waals surface area (Å²) in [6.45, 7) is 4.17. The minimum atomic E-state index is 0.0306. The smallest absolute Gasteiger partial charge is 0.254 e. The molecule has 0 aromatic heterocycles. The molecule has 8 heteroatoms. The maximum Gasteiger partial charge on any atom is 0.254 e. The fourth-order valence-corrected chi connectivity index (χ4v) is 3.99. The van der Waals surface area contributed by atoms with E-state index in [1.54, 1.807) is 12.1 Å². The van der Waals surface area contributed by atoms with E-state index in [0.29, 0.717) is 36.2 Å². The topological polar surface area (TPSA) is 78.8 Å². The Morgan fingerprint density at radius 3 is 3.11 bits per heavy atom. The number of ether oxygens (including phenoxy) is 2. The maximum absolute atomic E-state index is 13.1. The summed E-state index contributed by atoms with van der Waals surface area (Å²) in [4.78, 5) is 23.8. The van der Waals surface area contributed by atoms with Gasteiger partial charge in [-0.25, -0.2) is 20.4 Å². The second-order valence-electron chi connectivity index (χ2n) is 7.09. The highest BCUT2D eigenvalue weighted by Crippen LogP contribution is 2.34. The number of likely N-dealkylation sites (tertiary alicyclic amines) is 1. The number of rotatable bonds is 2. The number of carbonyl (C=O) groups excluding carboxylic acids is 1. The molecule has 8 nitrogen and oxygen atoms in total. The van der Waals surface area contributed by atoms with Gasteiger partial charge in [0.15, 0.2) is 11.5 Å². The molecule has 1 saturated heterocycles. The fraction of sp³-hybridized carbons (Fsp3) is 0.421. The standard InChI is InChI=1S/C19H21N5O3/c1-12-7-15(24-19(22-12)20-10-21-24)14-3-2-6-23(9-14)18(25)13-4-5-16-17(8-13)27-11-26-16/h4-5,7-8,14,21H,2-3,6,9-11H2,1H3. The molecule has 0 saturated carbocycles. The third-order valence-corrected chi connectivity index (χ3v) is 5.29. The molecule has 1 atom stereocenters. The van der Waals surface area contributed by atoms with Gasteiger partial charge in [-0.1, -0.05) is 0 Å². The van der Waals surface area contributed by atoms with Crippen LogP contribution in [0, 0.1) is 5.92 Å². The third-order valence-electron chi connectivity index (χ3n) is 5.29. The first-order valence-electron chi connectivity index (χ1n) is 9.23. The average Bonchev–Trinajstić information content (AvgIpc) is 3.35. The lowest BCUT2D eigenvalue weighted by Gasteiger charge is -2.37. The summed E-state index contributed by atoms with van der Waals surface area (Å²) in [5.74, 6) is 2.32. The molecule has 1 aromatic carbocycles. The van der Waals surface area contributed by atoms with E-state index in [1.807, 2.05) is 22.9 Å². The Morgan fingerprint density at radius 1 is 1.30 bits per heavy atom. The second-order valence-corrected chi connectivity index (χ2v) is 7.09. The maximum atomic E-state index is 13.1. The zero-order chi connectivity index (χ0) is 18.4. The number of carbonyl (C=O) groups is 1. The molecule has 5 rings (SSSR count). The summed E-state index contributed by atoms with van der Waals surface area (Å²) in [6.07, 6.45) is 4.10. The van der Waals surface area contributed by atoms with Crippen molar-refractivity contribution in [2.24, 2.45) is 15.9 Å². The number of allylic oxidation sites excluding steroid dienone is 1. The highest BCUT2D eigenvalue weighted by molar-refractivity contribution is 6.05. The first-order chi connectivity index (χ1) is 13.2. The normalized spacial score (nSPS) is 23.6. The monoisotopic (exact) mass is 367 g/mol. The van der Waals surface area contributed by atoms with Crippen molar-refractivity contribution in [2.75, 3.05) is 26.6 Å². The third kappa shape index (κ3) is 2.86. The van der Waals surface area contributed by atoms with Crippen LogP contribution in [0.2, 0.25) is 0 Å². The lowest BCUT2D eigenvalue weighted by molar-refractivity contribution is 0.0678. The average molecular weight is 367 g/mol. The molecule has 1 unspecified atom stereocenters. The van der Waals surface area contributed by atoms with E-state index in [0.717, 1.165) is 30.8 Å². The fourth-order valence-electron chi connectivity index (χ4n) is 3.99. The van der Waals surface area contributed by atoms with Crippen molar-refractivity contribution in [3.63, 3.8) is 0 Å². The molecule has 0 bridgehead atoms. The van der Waals surface area contributed by atoms with Crippen LogP contribution in [-0.4, -0.2) is 54.0 Å². The van der Waals surface area contributed by atoms with Crippen LogP contribution in [0.25, 0.3) is 0 Å². The van der Waals surface area contributed by atoms with Gasteiger partial charge in [-0.05, 0) is 44.0 Å². The Bertz CT molecular complexity index is 891. The highest BCUT2D eigenvalue weighted by Gasteiger charge is 2.33. The van der Waals surface area contributed by atoms with Crippen LogP contribution in [-0.2, 0) is 0 Å². The molecule has 1 amide bonds.